The number of carbonyl (C=O) groups excluding carboxylic acids is 2. The first-order valence-corrected chi connectivity index (χ1v) is 10.9. The van der Waals surface area contributed by atoms with Crippen LogP contribution in [0.4, 0.5) is 5.69 Å². The van der Waals surface area contributed by atoms with Crippen LogP contribution in [0.15, 0.2) is 41.3 Å². The number of ether oxygens (including phenoxy) is 1. The normalized spacial score (nSPS) is 20.8. The van der Waals surface area contributed by atoms with Crippen molar-refractivity contribution in [1.82, 2.24) is 4.31 Å². The summed E-state index contributed by atoms with van der Waals surface area (Å²) in [4.78, 5) is 23.4. The maximum absolute atomic E-state index is 12.9. The minimum atomic E-state index is -3.56. The highest BCUT2D eigenvalue weighted by molar-refractivity contribution is 7.89. The number of hydrogen-bond acceptors (Lipinski definition) is 5. The first-order chi connectivity index (χ1) is 13.2. The Morgan fingerprint density at radius 2 is 1.79 bits per heavy atom. The van der Waals surface area contributed by atoms with Crippen molar-refractivity contribution in [3.8, 4) is 0 Å². The van der Waals surface area contributed by atoms with Crippen LogP contribution in [-0.4, -0.2) is 44.3 Å². The van der Waals surface area contributed by atoms with Crippen molar-refractivity contribution < 1.29 is 22.7 Å². The molecule has 0 spiro atoms. The van der Waals surface area contributed by atoms with Gasteiger partial charge in [0.1, 0.15) is 0 Å². The predicted octanol–water partition coefficient (Wildman–Crippen LogP) is 2.80. The lowest BCUT2D eigenvalue weighted by atomic mass is 9.94. The summed E-state index contributed by atoms with van der Waals surface area (Å²) in [6, 6.07) is 6.01. The second-order valence-electron chi connectivity index (χ2n) is 7.26. The molecule has 28 heavy (non-hydrogen) atoms. The second kappa shape index (κ2) is 9.84. The Balaban J connectivity index is 1.96. The molecule has 154 valence electrons. The third-order valence-electron chi connectivity index (χ3n) is 4.45. The van der Waals surface area contributed by atoms with Crippen LogP contribution in [0.2, 0.25) is 0 Å². The lowest BCUT2D eigenvalue weighted by Gasteiger charge is -2.34. The quantitative estimate of drug-likeness (QED) is 0.553. The van der Waals surface area contributed by atoms with E-state index in [9.17, 15) is 18.0 Å². The van der Waals surface area contributed by atoms with Gasteiger partial charge < -0.3 is 10.1 Å². The summed E-state index contributed by atoms with van der Waals surface area (Å²) in [7, 11) is -3.56. The van der Waals surface area contributed by atoms with Gasteiger partial charge in [0.2, 0.25) is 10.0 Å². The fourth-order valence-corrected chi connectivity index (χ4v) is 4.94. The highest BCUT2D eigenvalue weighted by Gasteiger charge is 2.31. The molecule has 1 N–H and O–H groups in total. The standard InChI is InChI=1S/C20H28N2O5S/c1-4-5-6-20(24)27-14-19(23)21-17-7-9-18(10-8-17)28(25,26)22-12-15(2)11-16(3)13-22/h5-10,15-16H,4,11-14H2,1-3H3,(H,21,23)/b6-5+/t15-,16-/m1/s1. The van der Waals surface area contributed by atoms with Crippen molar-refractivity contribution in [3.63, 3.8) is 0 Å². The first kappa shape index (κ1) is 22.1. The number of amides is 1. The van der Waals surface area contributed by atoms with E-state index in [0.29, 0.717) is 37.0 Å². The molecular weight excluding hydrogens is 380 g/mol. The number of sulfonamides is 1. The molecule has 0 bridgehead atoms. The van der Waals surface area contributed by atoms with Crippen LogP contribution in [0.1, 0.15) is 33.6 Å². The van der Waals surface area contributed by atoms with Crippen LogP contribution in [0.5, 0.6) is 0 Å². The first-order valence-electron chi connectivity index (χ1n) is 9.45. The fraction of sp³-hybridized carbons (Fsp3) is 0.500. The van der Waals surface area contributed by atoms with Gasteiger partial charge in [0.25, 0.3) is 5.91 Å². The summed E-state index contributed by atoms with van der Waals surface area (Å²) in [5.74, 6) is -0.421. The zero-order chi connectivity index (χ0) is 20.7. The Kier molecular flexibility index (Phi) is 7.77. The van der Waals surface area contributed by atoms with Gasteiger partial charge in [0, 0.05) is 24.9 Å². The minimum absolute atomic E-state index is 0.197. The molecule has 1 saturated heterocycles. The molecule has 2 atom stereocenters. The monoisotopic (exact) mass is 408 g/mol. The highest BCUT2D eigenvalue weighted by atomic mass is 32.2. The number of piperidine rings is 1. The smallest absolute Gasteiger partial charge is 0.330 e. The van der Waals surface area contributed by atoms with Crippen LogP contribution >= 0.6 is 0 Å². The van der Waals surface area contributed by atoms with Gasteiger partial charge in [-0.1, -0.05) is 26.8 Å². The molecule has 0 radical (unpaired) electrons. The molecule has 1 fully saturated rings. The van der Waals surface area contributed by atoms with Crippen LogP contribution in [-0.2, 0) is 24.3 Å². The Hall–Kier alpha value is -2.19. The third kappa shape index (κ3) is 6.17. The number of hydrogen-bond donors (Lipinski definition) is 1. The van der Waals surface area contributed by atoms with Crippen molar-refractivity contribution in [3.05, 3.63) is 36.4 Å². The lowest BCUT2D eigenvalue weighted by molar-refractivity contribution is -0.142. The van der Waals surface area contributed by atoms with Crippen LogP contribution < -0.4 is 5.32 Å². The molecule has 7 nitrogen and oxygen atoms in total. The number of allylic oxidation sites excluding steroid dienone is 1. The summed E-state index contributed by atoms with van der Waals surface area (Å²) < 4.78 is 32.0. The molecule has 1 heterocycles. The summed E-state index contributed by atoms with van der Waals surface area (Å²) in [5, 5.41) is 2.58. The van der Waals surface area contributed by atoms with E-state index in [1.54, 1.807) is 6.08 Å². The van der Waals surface area contributed by atoms with Gasteiger partial charge in [0.15, 0.2) is 6.61 Å². The van der Waals surface area contributed by atoms with Gasteiger partial charge in [-0.2, -0.15) is 4.31 Å². The number of esters is 1. The maximum atomic E-state index is 12.9. The van der Waals surface area contributed by atoms with Gasteiger partial charge in [-0.15, -0.1) is 0 Å². The average molecular weight is 409 g/mol. The molecule has 2 rings (SSSR count). The summed E-state index contributed by atoms with van der Waals surface area (Å²) in [6.45, 7) is 6.62. The average Bonchev–Trinajstić information content (AvgIpc) is 2.64. The topological polar surface area (TPSA) is 92.8 Å². The largest absolute Gasteiger partial charge is 0.452 e. The summed E-state index contributed by atoms with van der Waals surface area (Å²) >= 11 is 0. The zero-order valence-corrected chi connectivity index (χ0v) is 17.4. The third-order valence-corrected chi connectivity index (χ3v) is 6.29. The number of nitrogens with zero attached hydrogens (tertiary/aromatic N) is 1. The molecule has 1 aromatic carbocycles. The predicted molar refractivity (Wildman–Crippen MR) is 107 cm³/mol. The van der Waals surface area contributed by atoms with E-state index < -0.39 is 28.5 Å². The van der Waals surface area contributed by atoms with Gasteiger partial charge in [0.05, 0.1) is 4.90 Å². The van der Waals surface area contributed by atoms with E-state index in [1.807, 2.05) is 6.92 Å². The van der Waals surface area contributed by atoms with Crippen molar-refractivity contribution in [2.24, 2.45) is 11.8 Å². The molecule has 0 saturated carbocycles. The fourth-order valence-electron chi connectivity index (χ4n) is 3.26. The van der Waals surface area contributed by atoms with Crippen LogP contribution in [0.25, 0.3) is 0 Å². The van der Waals surface area contributed by atoms with E-state index in [1.165, 1.54) is 34.6 Å². The van der Waals surface area contributed by atoms with Crippen molar-refractivity contribution in [2.75, 3.05) is 25.0 Å². The van der Waals surface area contributed by atoms with Gasteiger partial charge in [-0.3, -0.25) is 4.79 Å². The van der Waals surface area contributed by atoms with E-state index in [4.69, 9.17) is 4.74 Å². The second-order valence-corrected chi connectivity index (χ2v) is 9.20. The Morgan fingerprint density at radius 3 is 2.36 bits per heavy atom. The van der Waals surface area contributed by atoms with Crippen LogP contribution in [0.3, 0.4) is 0 Å². The number of rotatable bonds is 7. The van der Waals surface area contributed by atoms with Gasteiger partial charge >= 0.3 is 5.97 Å². The number of benzene rings is 1. The molecular formula is C20H28N2O5S. The minimum Gasteiger partial charge on any atom is -0.452 e. The number of anilines is 1. The molecule has 1 aromatic rings. The molecule has 1 amide bonds. The molecule has 1 aliphatic rings. The van der Waals surface area contributed by atoms with Crippen molar-refractivity contribution in [1.29, 1.82) is 0 Å². The van der Waals surface area contributed by atoms with Crippen molar-refractivity contribution in [2.45, 2.75) is 38.5 Å². The van der Waals surface area contributed by atoms with E-state index >= 15 is 0 Å². The number of carbonyl (C=O) groups is 2. The summed E-state index contributed by atoms with van der Waals surface area (Å²) in [6.07, 6.45) is 4.64. The molecule has 0 unspecified atom stereocenters. The lowest BCUT2D eigenvalue weighted by Crippen LogP contribution is -2.42. The van der Waals surface area contributed by atoms with Crippen molar-refractivity contribution >= 4 is 27.6 Å². The maximum Gasteiger partial charge on any atom is 0.330 e. The van der Waals surface area contributed by atoms with E-state index in [2.05, 4.69) is 19.2 Å². The van der Waals surface area contributed by atoms with Crippen LogP contribution in [0, 0.1) is 11.8 Å². The molecule has 1 aliphatic heterocycles. The molecule has 0 aromatic heterocycles. The Labute approximate surface area is 166 Å². The zero-order valence-electron chi connectivity index (χ0n) is 16.6. The molecule has 8 heteroatoms. The highest BCUT2D eigenvalue weighted by Crippen LogP contribution is 2.27. The molecule has 0 aliphatic carbocycles. The SMILES string of the molecule is CC/C=C/C(=O)OCC(=O)Nc1ccc(S(=O)(=O)N2C[C@H](C)C[C@@H](C)C2)cc1. The van der Waals surface area contributed by atoms with Gasteiger partial charge in [-0.05, 0) is 48.9 Å². The Morgan fingerprint density at radius 1 is 1.18 bits per heavy atom. The Bertz CT molecular complexity index is 808. The van der Waals surface area contributed by atoms with E-state index in [0.717, 1.165) is 6.42 Å². The summed E-state index contributed by atoms with van der Waals surface area (Å²) in [5.41, 5.74) is 0.435. The van der Waals surface area contributed by atoms with E-state index in [-0.39, 0.29) is 4.90 Å². The number of nitrogens with one attached hydrogen (secondary N) is 1. The van der Waals surface area contributed by atoms with Gasteiger partial charge in [-0.25, -0.2) is 13.2 Å².